The number of hydrogen-bond acceptors (Lipinski definition) is 6. The lowest BCUT2D eigenvalue weighted by Gasteiger charge is -2.31. The Labute approximate surface area is 129 Å². The van der Waals surface area contributed by atoms with Crippen LogP contribution in [0.15, 0.2) is 12.3 Å². The van der Waals surface area contributed by atoms with E-state index in [0.717, 1.165) is 0 Å². The molecular weight excluding hydrogens is 288 g/mol. The molecule has 7 heteroatoms. The van der Waals surface area contributed by atoms with Gasteiger partial charge in [0.2, 0.25) is 0 Å². The zero-order chi connectivity index (χ0) is 16.3. The van der Waals surface area contributed by atoms with Crippen molar-refractivity contribution in [3.8, 4) is 5.75 Å². The Hall–Kier alpha value is -2.31. The predicted molar refractivity (Wildman–Crippen MR) is 78.8 cm³/mol. The molecule has 0 aliphatic carbocycles. The molecule has 1 amide bonds. The lowest BCUT2D eigenvalue weighted by atomic mass is 10.2. The third-order valence-electron chi connectivity index (χ3n) is 2.80. The first-order chi connectivity index (χ1) is 10.3. The van der Waals surface area contributed by atoms with Crippen molar-refractivity contribution in [2.75, 3.05) is 18.1 Å². The molecule has 1 aromatic heterocycles. The maximum absolute atomic E-state index is 12.2. The van der Waals surface area contributed by atoms with Crippen LogP contribution in [0.1, 0.15) is 33.4 Å². The maximum Gasteiger partial charge on any atom is 0.415 e. The number of esters is 1. The Morgan fingerprint density at radius 3 is 2.77 bits per heavy atom. The molecule has 0 radical (unpaired) electrons. The van der Waals surface area contributed by atoms with E-state index < -0.39 is 11.7 Å². The molecule has 0 bridgehead atoms. The van der Waals surface area contributed by atoms with Crippen molar-refractivity contribution in [2.24, 2.45) is 0 Å². The molecule has 22 heavy (non-hydrogen) atoms. The third kappa shape index (κ3) is 4.09. The Morgan fingerprint density at radius 2 is 2.14 bits per heavy atom. The van der Waals surface area contributed by atoms with Crippen LogP contribution in [0.4, 0.5) is 10.5 Å². The van der Waals surface area contributed by atoms with Crippen LogP contribution < -0.4 is 9.64 Å². The fourth-order valence-corrected chi connectivity index (χ4v) is 1.92. The summed E-state index contributed by atoms with van der Waals surface area (Å²) in [5.74, 6) is 0.144. The van der Waals surface area contributed by atoms with Gasteiger partial charge in [0.15, 0.2) is 0 Å². The number of amides is 1. The number of anilines is 1. The monoisotopic (exact) mass is 308 g/mol. The quantitative estimate of drug-likeness (QED) is 0.780. The van der Waals surface area contributed by atoms with Crippen molar-refractivity contribution >= 4 is 17.7 Å². The smallest absolute Gasteiger partial charge is 0.415 e. The van der Waals surface area contributed by atoms with Gasteiger partial charge in [0.1, 0.15) is 30.3 Å². The van der Waals surface area contributed by atoms with Gasteiger partial charge in [0.25, 0.3) is 0 Å². The molecular formula is C15H20N2O5. The van der Waals surface area contributed by atoms with E-state index in [2.05, 4.69) is 4.98 Å². The van der Waals surface area contributed by atoms with Crippen LogP contribution >= 0.6 is 0 Å². The van der Waals surface area contributed by atoms with Gasteiger partial charge < -0.3 is 14.2 Å². The Balaban J connectivity index is 2.17. The van der Waals surface area contributed by atoms with Crippen molar-refractivity contribution in [1.29, 1.82) is 0 Å². The highest BCUT2D eigenvalue weighted by atomic mass is 16.6. The summed E-state index contributed by atoms with van der Waals surface area (Å²) in [5, 5.41) is 0. The molecule has 2 rings (SSSR count). The number of rotatable bonds is 2. The Bertz CT molecular complexity index is 580. The number of pyridine rings is 1. The van der Waals surface area contributed by atoms with Gasteiger partial charge in [-0.15, -0.1) is 0 Å². The number of nitrogens with zero attached hydrogens (tertiary/aromatic N) is 2. The van der Waals surface area contributed by atoms with Crippen LogP contribution in [-0.2, 0) is 20.9 Å². The molecule has 7 nitrogen and oxygen atoms in total. The summed E-state index contributed by atoms with van der Waals surface area (Å²) < 4.78 is 15.8. The van der Waals surface area contributed by atoms with E-state index in [1.165, 1.54) is 18.0 Å². The first kappa shape index (κ1) is 16.1. The lowest BCUT2D eigenvalue weighted by molar-refractivity contribution is -0.142. The summed E-state index contributed by atoms with van der Waals surface area (Å²) in [6, 6.07) is 1.66. The fourth-order valence-electron chi connectivity index (χ4n) is 1.92. The summed E-state index contributed by atoms with van der Waals surface area (Å²) in [4.78, 5) is 28.7. The van der Waals surface area contributed by atoms with Crippen molar-refractivity contribution in [1.82, 2.24) is 4.98 Å². The second-order valence-corrected chi connectivity index (χ2v) is 5.90. The minimum Gasteiger partial charge on any atom is -0.489 e. The van der Waals surface area contributed by atoms with Crippen molar-refractivity contribution in [3.05, 3.63) is 18.0 Å². The van der Waals surface area contributed by atoms with Gasteiger partial charge in [-0.25, -0.2) is 4.79 Å². The molecule has 0 saturated heterocycles. The van der Waals surface area contributed by atoms with Crippen molar-refractivity contribution in [2.45, 2.75) is 39.9 Å². The number of fused-ring (bicyclic) bond motifs is 1. The SMILES string of the molecule is CC(=O)OCc1cc2c(cn1)N(C(=O)OC(C)(C)C)CCO2. The standard InChI is InChI=1S/C15H20N2O5/c1-10(18)21-9-11-7-13-12(8-16-11)17(5-6-20-13)14(19)22-15(2,3)4/h7-8H,5-6,9H2,1-4H3. The van der Waals surface area contributed by atoms with Crippen LogP contribution in [0.25, 0.3) is 0 Å². The number of carbonyl (C=O) groups excluding carboxylic acids is 2. The zero-order valence-corrected chi connectivity index (χ0v) is 13.2. The average molecular weight is 308 g/mol. The Morgan fingerprint density at radius 1 is 1.41 bits per heavy atom. The molecule has 0 fully saturated rings. The van der Waals surface area contributed by atoms with Gasteiger partial charge in [-0.2, -0.15) is 0 Å². The number of ether oxygens (including phenoxy) is 3. The van der Waals surface area contributed by atoms with Crippen LogP contribution in [0, 0.1) is 0 Å². The van der Waals surface area contributed by atoms with E-state index in [0.29, 0.717) is 30.3 Å². The van der Waals surface area contributed by atoms with Gasteiger partial charge in [0, 0.05) is 13.0 Å². The molecule has 2 heterocycles. The second-order valence-electron chi connectivity index (χ2n) is 5.90. The number of hydrogen-bond donors (Lipinski definition) is 0. The summed E-state index contributed by atoms with van der Waals surface area (Å²) in [5.41, 5.74) is 0.533. The van der Waals surface area contributed by atoms with Crippen molar-refractivity contribution < 1.29 is 23.8 Å². The van der Waals surface area contributed by atoms with E-state index in [1.54, 1.807) is 6.07 Å². The molecule has 0 saturated carbocycles. The molecule has 0 N–H and O–H groups in total. The minimum atomic E-state index is -0.571. The van der Waals surface area contributed by atoms with Gasteiger partial charge in [-0.3, -0.25) is 14.7 Å². The largest absolute Gasteiger partial charge is 0.489 e. The van der Waals surface area contributed by atoms with Gasteiger partial charge >= 0.3 is 12.1 Å². The molecule has 0 unspecified atom stereocenters. The average Bonchev–Trinajstić information content (AvgIpc) is 2.42. The summed E-state index contributed by atoms with van der Waals surface area (Å²) >= 11 is 0. The van der Waals surface area contributed by atoms with Gasteiger partial charge in [-0.05, 0) is 20.8 Å². The predicted octanol–water partition coefficient (Wildman–Crippen LogP) is 2.28. The normalized spacial score (nSPS) is 13.9. The molecule has 1 aliphatic heterocycles. The van der Waals surface area contributed by atoms with Gasteiger partial charge in [0.05, 0.1) is 18.4 Å². The molecule has 1 aliphatic rings. The minimum absolute atomic E-state index is 0.0679. The topological polar surface area (TPSA) is 78.0 Å². The van der Waals surface area contributed by atoms with Gasteiger partial charge in [-0.1, -0.05) is 0 Å². The van der Waals surface area contributed by atoms with Crippen LogP contribution in [0.3, 0.4) is 0 Å². The molecule has 0 atom stereocenters. The summed E-state index contributed by atoms with van der Waals surface area (Å²) in [6.45, 7) is 7.60. The van der Waals surface area contributed by atoms with Crippen LogP contribution in [0.5, 0.6) is 5.75 Å². The Kier molecular flexibility index (Phi) is 4.54. The molecule has 0 aromatic carbocycles. The first-order valence-electron chi connectivity index (χ1n) is 7.02. The van der Waals surface area contributed by atoms with E-state index in [9.17, 15) is 9.59 Å². The van der Waals surface area contributed by atoms with Crippen LogP contribution in [-0.4, -0.2) is 35.8 Å². The van der Waals surface area contributed by atoms with E-state index in [4.69, 9.17) is 14.2 Å². The second kappa shape index (κ2) is 6.21. The maximum atomic E-state index is 12.2. The summed E-state index contributed by atoms with van der Waals surface area (Å²) in [7, 11) is 0. The summed E-state index contributed by atoms with van der Waals surface area (Å²) in [6.07, 6.45) is 1.09. The highest BCUT2D eigenvalue weighted by molar-refractivity contribution is 5.90. The van der Waals surface area contributed by atoms with Crippen molar-refractivity contribution in [3.63, 3.8) is 0 Å². The third-order valence-corrected chi connectivity index (χ3v) is 2.80. The van der Waals surface area contributed by atoms with Crippen LogP contribution in [0.2, 0.25) is 0 Å². The lowest BCUT2D eigenvalue weighted by Crippen LogP contribution is -2.41. The van der Waals surface area contributed by atoms with E-state index in [-0.39, 0.29) is 12.6 Å². The molecule has 0 spiro atoms. The first-order valence-corrected chi connectivity index (χ1v) is 7.02. The number of aromatic nitrogens is 1. The number of carbonyl (C=O) groups is 2. The highest BCUT2D eigenvalue weighted by Crippen LogP contribution is 2.32. The van der Waals surface area contributed by atoms with E-state index >= 15 is 0 Å². The fraction of sp³-hybridized carbons (Fsp3) is 0.533. The molecule has 120 valence electrons. The molecule has 1 aromatic rings. The zero-order valence-electron chi connectivity index (χ0n) is 13.2. The highest BCUT2D eigenvalue weighted by Gasteiger charge is 2.28. The van der Waals surface area contributed by atoms with E-state index in [1.807, 2.05) is 20.8 Å².